The SMILES string of the molecule is C=CCOC(=O)N1CCC(c2nc(C(=O)CNC(/C=C\C)=C(/C=C)C(C)(C)C)cs2)CC1. The number of Topliss-reactive ketones (excluding diaryl/α,β-unsaturated/α-hetero) is 1. The van der Waals surface area contributed by atoms with Crippen molar-refractivity contribution in [3.63, 3.8) is 0 Å². The summed E-state index contributed by atoms with van der Waals surface area (Å²) in [6.07, 6.45) is 8.64. The standard InChI is InChI=1S/C25H35N3O3S/c1-7-10-20(19(9-3)25(4,5)6)26-16-22(29)21-17-32-23(27-21)18-11-13-28(14-12-18)24(30)31-15-8-2/h7-10,17-18,26H,2-3,11-16H2,1,4-6H3/b10-7-,20-19-. The number of carbonyl (C=O) groups is 2. The predicted molar refractivity (Wildman–Crippen MR) is 131 cm³/mol. The van der Waals surface area contributed by atoms with Crippen molar-refractivity contribution in [2.24, 2.45) is 5.41 Å². The van der Waals surface area contributed by atoms with Crippen LogP contribution in [-0.4, -0.2) is 48.0 Å². The van der Waals surface area contributed by atoms with Gasteiger partial charge in [0.1, 0.15) is 12.3 Å². The van der Waals surface area contributed by atoms with Crippen LogP contribution in [0.5, 0.6) is 0 Å². The van der Waals surface area contributed by atoms with E-state index in [9.17, 15) is 9.59 Å². The van der Waals surface area contributed by atoms with Crippen molar-refractivity contribution in [3.05, 3.63) is 64.8 Å². The summed E-state index contributed by atoms with van der Waals surface area (Å²) < 4.78 is 5.11. The van der Waals surface area contributed by atoms with Crippen LogP contribution in [0.4, 0.5) is 4.79 Å². The third-order valence-electron chi connectivity index (χ3n) is 5.31. The molecular weight excluding hydrogens is 422 g/mol. The Labute approximate surface area is 195 Å². The highest BCUT2D eigenvalue weighted by atomic mass is 32.1. The molecule has 6 nitrogen and oxygen atoms in total. The van der Waals surface area contributed by atoms with Crippen molar-refractivity contribution in [3.8, 4) is 0 Å². The third-order valence-corrected chi connectivity index (χ3v) is 6.32. The Morgan fingerprint density at radius 1 is 1.31 bits per heavy atom. The number of nitrogens with zero attached hydrogens (tertiary/aromatic N) is 2. The van der Waals surface area contributed by atoms with Crippen LogP contribution in [0.2, 0.25) is 0 Å². The summed E-state index contributed by atoms with van der Waals surface area (Å²) in [5.41, 5.74) is 2.35. The van der Waals surface area contributed by atoms with E-state index in [-0.39, 0.29) is 36.4 Å². The average molecular weight is 458 g/mol. The number of ketones is 1. The number of amides is 1. The predicted octanol–water partition coefficient (Wildman–Crippen LogP) is 5.48. The highest BCUT2D eigenvalue weighted by Gasteiger charge is 2.27. The summed E-state index contributed by atoms with van der Waals surface area (Å²) in [7, 11) is 0. The number of thiazole rings is 1. The second kappa shape index (κ2) is 11.8. The zero-order chi connectivity index (χ0) is 23.7. The van der Waals surface area contributed by atoms with Crippen molar-refractivity contribution >= 4 is 23.2 Å². The van der Waals surface area contributed by atoms with Gasteiger partial charge in [0.15, 0.2) is 0 Å². The van der Waals surface area contributed by atoms with Gasteiger partial charge in [-0.1, -0.05) is 52.2 Å². The molecule has 2 rings (SSSR count). The molecule has 1 saturated heterocycles. The molecule has 0 aliphatic carbocycles. The largest absolute Gasteiger partial charge is 0.445 e. The maximum atomic E-state index is 12.8. The van der Waals surface area contributed by atoms with E-state index in [1.807, 2.05) is 30.5 Å². The molecule has 1 amide bonds. The van der Waals surface area contributed by atoms with Gasteiger partial charge in [-0.25, -0.2) is 9.78 Å². The fourth-order valence-corrected chi connectivity index (χ4v) is 4.63. The first-order valence-electron chi connectivity index (χ1n) is 11.0. The molecule has 1 aliphatic heterocycles. The minimum atomic E-state index is -0.302. The first-order chi connectivity index (χ1) is 15.2. The van der Waals surface area contributed by atoms with E-state index in [0.717, 1.165) is 29.1 Å². The summed E-state index contributed by atoms with van der Waals surface area (Å²) in [4.78, 5) is 31.1. The molecule has 174 valence electrons. The molecule has 1 aromatic rings. The third kappa shape index (κ3) is 6.92. The van der Waals surface area contributed by atoms with Crippen LogP contribution < -0.4 is 5.32 Å². The van der Waals surface area contributed by atoms with E-state index in [1.165, 1.54) is 11.3 Å². The Balaban J connectivity index is 1.98. The van der Waals surface area contributed by atoms with Crippen molar-refractivity contribution in [1.82, 2.24) is 15.2 Å². The van der Waals surface area contributed by atoms with Gasteiger partial charge in [-0.05, 0) is 36.8 Å². The Hall–Kier alpha value is -2.67. The molecule has 1 aliphatic rings. The molecule has 0 aromatic carbocycles. The number of carbonyl (C=O) groups excluding carboxylic acids is 2. The smallest absolute Gasteiger partial charge is 0.410 e. The number of hydrogen-bond acceptors (Lipinski definition) is 6. The molecule has 0 radical (unpaired) electrons. The number of rotatable bonds is 9. The van der Waals surface area contributed by atoms with Crippen LogP contribution in [0.3, 0.4) is 0 Å². The molecule has 0 atom stereocenters. The van der Waals surface area contributed by atoms with Crippen LogP contribution >= 0.6 is 11.3 Å². The van der Waals surface area contributed by atoms with E-state index in [2.05, 4.69) is 44.2 Å². The van der Waals surface area contributed by atoms with E-state index in [0.29, 0.717) is 18.8 Å². The van der Waals surface area contributed by atoms with E-state index >= 15 is 0 Å². The lowest BCUT2D eigenvalue weighted by Gasteiger charge is -2.30. The lowest BCUT2D eigenvalue weighted by molar-refractivity contribution is 0.0989. The van der Waals surface area contributed by atoms with E-state index in [1.54, 1.807) is 11.0 Å². The van der Waals surface area contributed by atoms with Gasteiger partial charge in [0.2, 0.25) is 5.78 Å². The van der Waals surface area contributed by atoms with Crippen LogP contribution in [-0.2, 0) is 4.74 Å². The molecular formula is C25H35N3O3S. The summed E-state index contributed by atoms with van der Waals surface area (Å²) in [5, 5.41) is 6.06. The summed E-state index contributed by atoms with van der Waals surface area (Å²) in [6, 6.07) is 0. The fourth-order valence-electron chi connectivity index (χ4n) is 3.63. The van der Waals surface area contributed by atoms with Crippen molar-refractivity contribution in [2.75, 3.05) is 26.2 Å². The molecule has 7 heteroatoms. The summed E-state index contributed by atoms with van der Waals surface area (Å²) in [5.74, 6) is 0.210. The molecule has 0 saturated carbocycles. The van der Waals surface area contributed by atoms with Crippen molar-refractivity contribution in [2.45, 2.75) is 46.5 Å². The molecule has 32 heavy (non-hydrogen) atoms. The van der Waals surface area contributed by atoms with E-state index < -0.39 is 0 Å². The maximum absolute atomic E-state index is 12.8. The summed E-state index contributed by atoms with van der Waals surface area (Å²) >= 11 is 1.52. The first kappa shape index (κ1) is 25.6. The van der Waals surface area contributed by atoms with Crippen LogP contribution in [0.25, 0.3) is 0 Å². The Kier molecular flexibility index (Phi) is 9.44. The fraction of sp³-hybridized carbons (Fsp3) is 0.480. The maximum Gasteiger partial charge on any atom is 0.410 e. The number of ether oxygens (including phenoxy) is 1. The zero-order valence-corrected chi connectivity index (χ0v) is 20.5. The average Bonchev–Trinajstić information content (AvgIpc) is 3.25. The Bertz CT molecular complexity index is 884. The van der Waals surface area contributed by atoms with Gasteiger partial charge >= 0.3 is 6.09 Å². The summed E-state index contributed by atoms with van der Waals surface area (Å²) in [6.45, 7) is 17.4. The molecule has 0 spiro atoms. The number of piperidine rings is 1. The van der Waals surface area contributed by atoms with Crippen molar-refractivity contribution in [1.29, 1.82) is 0 Å². The highest BCUT2D eigenvalue weighted by Crippen LogP contribution is 2.31. The van der Waals surface area contributed by atoms with Crippen LogP contribution in [0, 0.1) is 5.41 Å². The molecule has 1 aromatic heterocycles. The van der Waals surface area contributed by atoms with Gasteiger partial charge in [-0.3, -0.25) is 4.79 Å². The second-order valence-electron chi connectivity index (χ2n) is 8.76. The Morgan fingerprint density at radius 3 is 2.56 bits per heavy atom. The van der Waals surface area contributed by atoms with Crippen molar-refractivity contribution < 1.29 is 14.3 Å². The molecule has 1 N–H and O–H groups in total. The topological polar surface area (TPSA) is 71.5 Å². The Morgan fingerprint density at radius 2 is 2.00 bits per heavy atom. The number of aromatic nitrogens is 1. The quantitative estimate of drug-likeness (QED) is 0.302. The lowest BCUT2D eigenvalue weighted by Crippen LogP contribution is -2.38. The van der Waals surface area contributed by atoms with Crippen LogP contribution in [0.1, 0.15) is 62.0 Å². The number of allylic oxidation sites excluding steroid dienone is 4. The van der Waals surface area contributed by atoms with E-state index in [4.69, 9.17) is 4.74 Å². The van der Waals surface area contributed by atoms with Gasteiger partial charge in [-0.2, -0.15) is 0 Å². The molecule has 1 fully saturated rings. The number of nitrogens with one attached hydrogen (secondary N) is 1. The van der Waals surface area contributed by atoms with Gasteiger partial charge < -0.3 is 15.0 Å². The first-order valence-corrected chi connectivity index (χ1v) is 11.8. The van der Waals surface area contributed by atoms with Crippen LogP contribution in [0.15, 0.2) is 54.1 Å². The highest BCUT2D eigenvalue weighted by molar-refractivity contribution is 7.09. The lowest BCUT2D eigenvalue weighted by atomic mass is 9.85. The molecule has 0 unspecified atom stereocenters. The van der Waals surface area contributed by atoms with Gasteiger partial charge in [0.25, 0.3) is 0 Å². The number of hydrogen-bond donors (Lipinski definition) is 1. The minimum Gasteiger partial charge on any atom is -0.445 e. The zero-order valence-electron chi connectivity index (χ0n) is 19.6. The van der Waals surface area contributed by atoms with Gasteiger partial charge in [0, 0.05) is 30.1 Å². The monoisotopic (exact) mass is 457 g/mol. The molecule has 0 bridgehead atoms. The van der Waals surface area contributed by atoms with Gasteiger partial charge in [0.05, 0.1) is 11.6 Å². The number of likely N-dealkylation sites (tertiary alicyclic amines) is 1. The van der Waals surface area contributed by atoms with Gasteiger partial charge in [-0.15, -0.1) is 11.3 Å². The second-order valence-corrected chi connectivity index (χ2v) is 9.65. The normalized spacial score (nSPS) is 15.9. The molecule has 2 heterocycles. The minimum absolute atomic E-state index is 0.0442.